The van der Waals surface area contributed by atoms with E-state index in [1.165, 1.54) is 38.5 Å². The van der Waals surface area contributed by atoms with Gasteiger partial charge in [-0.2, -0.15) is 0 Å². The Morgan fingerprint density at radius 3 is 2.67 bits per heavy atom. The summed E-state index contributed by atoms with van der Waals surface area (Å²) in [4.78, 5) is 0. The highest BCUT2D eigenvalue weighted by Gasteiger charge is 2.13. The highest BCUT2D eigenvalue weighted by Crippen LogP contribution is 2.20. The molecule has 0 amide bonds. The van der Waals surface area contributed by atoms with Gasteiger partial charge in [0, 0.05) is 12.6 Å². The summed E-state index contributed by atoms with van der Waals surface area (Å²) in [7, 11) is 0. The zero-order valence-electron chi connectivity index (χ0n) is 10.4. The van der Waals surface area contributed by atoms with Crippen LogP contribution in [0.4, 0.5) is 0 Å². The summed E-state index contributed by atoms with van der Waals surface area (Å²) >= 11 is 0. The van der Waals surface area contributed by atoms with Crippen LogP contribution < -0.4 is 5.32 Å². The molecule has 2 nitrogen and oxygen atoms in total. The zero-order chi connectivity index (χ0) is 10.9. The molecule has 90 valence electrons. The fourth-order valence-corrected chi connectivity index (χ4v) is 2.14. The van der Waals surface area contributed by atoms with E-state index in [0.717, 1.165) is 19.6 Å². The molecule has 1 N–H and O–H groups in total. The van der Waals surface area contributed by atoms with Crippen molar-refractivity contribution in [1.82, 2.24) is 5.32 Å². The van der Waals surface area contributed by atoms with Crippen molar-refractivity contribution in [2.75, 3.05) is 13.2 Å². The van der Waals surface area contributed by atoms with Crippen molar-refractivity contribution in [3.05, 3.63) is 0 Å². The van der Waals surface area contributed by atoms with Crippen LogP contribution in [0.1, 0.15) is 58.8 Å². The Hall–Kier alpha value is -0.0800. The Balaban J connectivity index is 1.94. The summed E-state index contributed by atoms with van der Waals surface area (Å²) in [5.41, 5.74) is 0. The van der Waals surface area contributed by atoms with Gasteiger partial charge < -0.3 is 10.1 Å². The molecule has 0 heterocycles. The minimum Gasteiger partial charge on any atom is -0.378 e. The van der Waals surface area contributed by atoms with Gasteiger partial charge >= 0.3 is 0 Å². The van der Waals surface area contributed by atoms with Crippen molar-refractivity contribution in [3.8, 4) is 0 Å². The fraction of sp³-hybridized carbons (Fsp3) is 1.00. The molecule has 1 aliphatic carbocycles. The molecule has 0 saturated heterocycles. The van der Waals surface area contributed by atoms with Crippen LogP contribution in [0.25, 0.3) is 0 Å². The summed E-state index contributed by atoms with van der Waals surface area (Å²) in [6.07, 6.45) is 9.66. The van der Waals surface area contributed by atoms with Gasteiger partial charge in [0.2, 0.25) is 0 Å². The van der Waals surface area contributed by atoms with E-state index in [1.54, 1.807) is 0 Å². The first kappa shape index (κ1) is 13.0. The molecule has 1 atom stereocenters. The second-order valence-corrected chi connectivity index (χ2v) is 4.77. The molecule has 0 aromatic carbocycles. The van der Waals surface area contributed by atoms with Crippen LogP contribution in [0.2, 0.25) is 0 Å². The fourth-order valence-electron chi connectivity index (χ4n) is 2.14. The molecule has 1 unspecified atom stereocenters. The van der Waals surface area contributed by atoms with E-state index in [-0.39, 0.29) is 0 Å². The van der Waals surface area contributed by atoms with E-state index in [1.807, 2.05) is 0 Å². The minimum atomic E-state index is 0.567. The van der Waals surface area contributed by atoms with E-state index < -0.39 is 0 Å². The minimum absolute atomic E-state index is 0.567. The Bertz CT molecular complexity index is 143. The van der Waals surface area contributed by atoms with Crippen LogP contribution in [-0.4, -0.2) is 25.3 Å². The second kappa shape index (κ2) is 8.12. The van der Waals surface area contributed by atoms with E-state index >= 15 is 0 Å². The molecule has 1 saturated carbocycles. The molecule has 1 rings (SSSR count). The van der Waals surface area contributed by atoms with E-state index in [9.17, 15) is 0 Å². The Labute approximate surface area is 94.8 Å². The van der Waals surface area contributed by atoms with Crippen LogP contribution >= 0.6 is 0 Å². The highest BCUT2D eigenvalue weighted by atomic mass is 16.5. The van der Waals surface area contributed by atoms with Gasteiger partial charge in [0.1, 0.15) is 0 Å². The van der Waals surface area contributed by atoms with Crippen LogP contribution in [0.3, 0.4) is 0 Å². The molecule has 0 aliphatic heterocycles. The smallest absolute Gasteiger partial charge is 0.0575 e. The first-order valence-corrected chi connectivity index (χ1v) is 6.68. The van der Waals surface area contributed by atoms with Crippen LogP contribution in [0.15, 0.2) is 0 Å². The zero-order valence-corrected chi connectivity index (χ0v) is 10.4. The maximum Gasteiger partial charge on any atom is 0.0575 e. The molecule has 0 bridgehead atoms. The van der Waals surface area contributed by atoms with Crippen LogP contribution in [0, 0.1) is 0 Å². The first-order valence-electron chi connectivity index (χ1n) is 6.68. The van der Waals surface area contributed by atoms with Gasteiger partial charge in [-0.1, -0.05) is 26.2 Å². The third-order valence-corrected chi connectivity index (χ3v) is 3.20. The van der Waals surface area contributed by atoms with Gasteiger partial charge in [0.25, 0.3) is 0 Å². The van der Waals surface area contributed by atoms with Crippen LogP contribution in [0.5, 0.6) is 0 Å². The molecule has 0 aromatic rings. The van der Waals surface area contributed by atoms with Gasteiger partial charge in [-0.3, -0.25) is 0 Å². The summed E-state index contributed by atoms with van der Waals surface area (Å²) < 4.78 is 5.89. The normalized spacial score (nSPS) is 20.4. The third kappa shape index (κ3) is 6.16. The molecule has 15 heavy (non-hydrogen) atoms. The summed E-state index contributed by atoms with van der Waals surface area (Å²) in [6, 6.07) is 0.605. The van der Waals surface area contributed by atoms with E-state index in [2.05, 4.69) is 19.2 Å². The van der Waals surface area contributed by atoms with Gasteiger partial charge in [0.15, 0.2) is 0 Å². The SMILES string of the molecule is CCCNC(C)CCOC1CCCCC1. The predicted molar refractivity (Wildman–Crippen MR) is 65.2 cm³/mol. The van der Waals surface area contributed by atoms with Crippen LogP contribution in [-0.2, 0) is 4.74 Å². The largest absolute Gasteiger partial charge is 0.378 e. The standard InChI is InChI=1S/C13H27NO/c1-3-10-14-12(2)9-11-15-13-7-5-4-6-8-13/h12-14H,3-11H2,1-2H3. The summed E-state index contributed by atoms with van der Waals surface area (Å²) in [5, 5.41) is 3.49. The lowest BCUT2D eigenvalue weighted by Crippen LogP contribution is -2.29. The monoisotopic (exact) mass is 213 g/mol. The van der Waals surface area contributed by atoms with Crippen molar-refractivity contribution in [3.63, 3.8) is 0 Å². The molecule has 2 heteroatoms. The molecular weight excluding hydrogens is 186 g/mol. The number of hydrogen-bond acceptors (Lipinski definition) is 2. The number of rotatable bonds is 7. The van der Waals surface area contributed by atoms with Crippen molar-refractivity contribution in [2.24, 2.45) is 0 Å². The van der Waals surface area contributed by atoms with E-state index in [0.29, 0.717) is 12.1 Å². The average molecular weight is 213 g/mol. The number of ether oxygens (including phenoxy) is 1. The summed E-state index contributed by atoms with van der Waals surface area (Å²) in [5.74, 6) is 0. The molecule has 0 radical (unpaired) electrons. The number of hydrogen-bond donors (Lipinski definition) is 1. The molecule has 1 aliphatic rings. The summed E-state index contributed by atoms with van der Waals surface area (Å²) in [6.45, 7) is 6.52. The van der Waals surface area contributed by atoms with Gasteiger partial charge in [0.05, 0.1) is 6.10 Å². The van der Waals surface area contributed by atoms with Crippen molar-refractivity contribution >= 4 is 0 Å². The third-order valence-electron chi connectivity index (χ3n) is 3.20. The second-order valence-electron chi connectivity index (χ2n) is 4.77. The molecule has 0 spiro atoms. The quantitative estimate of drug-likeness (QED) is 0.701. The lowest BCUT2D eigenvalue weighted by Gasteiger charge is -2.23. The molecule has 1 fully saturated rings. The first-order chi connectivity index (χ1) is 7.33. The maximum atomic E-state index is 5.89. The maximum absolute atomic E-state index is 5.89. The Morgan fingerprint density at radius 1 is 1.27 bits per heavy atom. The molecule has 0 aromatic heterocycles. The van der Waals surface area contributed by atoms with Crippen molar-refractivity contribution in [1.29, 1.82) is 0 Å². The predicted octanol–water partition coefficient (Wildman–Crippen LogP) is 3.11. The Kier molecular flexibility index (Phi) is 7.03. The topological polar surface area (TPSA) is 21.3 Å². The van der Waals surface area contributed by atoms with Gasteiger partial charge in [-0.15, -0.1) is 0 Å². The average Bonchev–Trinajstić information content (AvgIpc) is 2.28. The lowest BCUT2D eigenvalue weighted by molar-refractivity contribution is 0.0242. The van der Waals surface area contributed by atoms with Crippen molar-refractivity contribution < 1.29 is 4.74 Å². The van der Waals surface area contributed by atoms with Crippen molar-refractivity contribution in [2.45, 2.75) is 70.9 Å². The molecular formula is C13H27NO. The highest BCUT2D eigenvalue weighted by molar-refractivity contribution is 4.66. The Morgan fingerprint density at radius 2 is 2.00 bits per heavy atom. The van der Waals surface area contributed by atoms with E-state index in [4.69, 9.17) is 4.74 Å². The number of nitrogens with one attached hydrogen (secondary N) is 1. The van der Waals surface area contributed by atoms with Gasteiger partial charge in [-0.05, 0) is 39.2 Å². The van der Waals surface area contributed by atoms with Gasteiger partial charge in [-0.25, -0.2) is 0 Å². The lowest BCUT2D eigenvalue weighted by atomic mass is 9.98.